The number of hydrogen-bond donors (Lipinski definition) is 2. The standard InChI is InChI=1S/C29H31N5O6S/c1-18-7-6-8-20(11-18)31-27(35)17-41-29-33-32-26(34(29)24-15-21(37-2)9-10-25(24)40-5)16-30-28(36)19-12-22(38-3)14-23(13-19)39-4/h6-15H,16-17H2,1-5H3,(H,30,36)(H,31,35). The maximum atomic E-state index is 13.1. The molecule has 12 heteroatoms. The maximum absolute atomic E-state index is 13.1. The molecule has 0 aliphatic rings. The fourth-order valence-electron chi connectivity index (χ4n) is 3.97. The number of nitrogens with zero attached hydrogens (tertiary/aromatic N) is 3. The maximum Gasteiger partial charge on any atom is 0.251 e. The van der Waals surface area contributed by atoms with Crippen molar-refractivity contribution in [2.24, 2.45) is 0 Å². The van der Waals surface area contributed by atoms with Crippen molar-refractivity contribution >= 4 is 29.3 Å². The number of hydrogen-bond acceptors (Lipinski definition) is 9. The van der Waals surface area contributed by atoms with Gasteiger partial charge in [0.15, 0.2) is 11.0 Å². The highest BCUT2D eigenvalue weighted by Gasteiger charge is 2.21. The summed E-state index contributed by atoms with van der Waals surface area (Å²) < 4.78 is 23.3. The number of benzene rings is 3. The molecule has 41 heavy (non-hydrogen) atoms. The number of nitrogens with one attached hydrogen (secondary N) is 2. The van der Waals surface area contributed by atoms with Crippen LogP contribution in [-0.2, 0) is 11.3 Å². The number of ether oxygens (including phenoxy) is 4. The third kappa shape index (κ3) is 7.28. The molecular weight excluding hydrogens is 546 g/mol. The monoisotopic (exact) mass is 577 g/mol. The van der Waals surface area contributed by atoms with Crippen LogP contribution in [0.2, 0.25) is 0 Å². The second-order valence-corrected chi connectivity index (χ2v) is 9.70. The molecule has 0 aliphatic carbocycles. The van der Waals surface area contributed by atoms with Crippen molar-refractivity contribution in [2.75, 3.05) is 39.5 Å². The molecule has 4 rings (SSSR count). The number of rotatable bonds is 12. The van der Waals surface area contributed by atoms with Crippen LogP contribution in [0, 0.1) is 6.92 Å². The molecule has 3 aromatic carbocycles. The summed E-state index contributed by atoms with van der Waals surface area (Å²) in [5, 5.41) is 14.9. The molecule has 2 N–H and O–H groups in total. The van der Waals surface area contributed by atoms with Crippen molar-refractivity contribution in [3.8, 4) is 28.7 Å². The van der Waals surface area contributed by atoms with Gasteiger partial charge in [-0.25, -0.2) is 0 Å². The molecule has 2 amide bonds. The van der Waals surface area contributed by atoms with Gasteiger partial charge in [0.25, 0.3) is 5.91 Å². The average molecular weight is 578 g/mol. The van der Waals surface area contributed by atoms with Gasteiger partial charge in [0.1, 0.15) is 23.0 Å². The second-order valence-electron chi connectivity index (χ2n) is 8.76. The van der Waals surface area contributed by atoms with Gasteiger partial charge < -0.3 is 29.6 Å². The van der Waals surface area contributed by atoms with Crippen LogP contribution in [0.5, 0.6) is 23.0 Å². The Kier molecular flexibility index (Phi) is 9.69. The summed E-state index contributed by atoms with van der Waals surface area (Å²) in [4.78, 5) is 25.8. The normalized spacial score (nSPS) is 10.6. The molecular formula is C29H31N5O6S. The molecule has 1 heterocycles. The topological polar surface area (TPSA) is 126 Å². The molecule has 1 aromatic heterocycles. The molecule has 0 saturated heterocycles. The van der Waals surface area contributed by atoms with Crippen LogP contribution >= 0.6 is 11.8 Å². The number of carbonyl (C=O) groups is 2. The molecule has 11 nitrogen and oxygen atoms in total. The van der Waals surface area contributed by atoms with Crippen molar-refractivity contribution in [3.05, 3.63) is 77.6 Å². The Labute approximate surface area is 242 Å². The van der Waals surface area contributed by atoms with E-state index in [-0.39, 0.29) is 24.1 Å². The van der Waals surface area contributed by atoms with Crippen molar-refractivity contribution in [1.29, 1.82) is 0 Å². The van der Waals surface area contributed by atoms with Crippen LogP contribution in [0.4, 0.5) is 5.69 Å². The van der Waals surface area contributed by atoms with Crippen LogP contribution < -0.4 is 29.6 Å². The first-order valence-electron chi connectivity index (χ1n) is 12.5. The van der Waals surface area contributed by atoms with Crippen LogP contribution in [0.1, 0.15) is 21.7 Å². The lowest BCUT2D eigenvalue weighted by Gasteiger charge is -2.15. The second kappa shape index (κ2) is 13.6. The van der Waals surface area contributed by atoms with E-state index in [9.17, 15) is 9.59 Å². The predicted molar refractivity (Wildman–Crippen MR) is 156 cm³/mol. The lowest BCUT2D eigenvalue weighted by atomic mass is 10.2. The molecule has 0 bridgehead atoms. The summed E-state index contributed by atoms with van der Waals surface area (Å²) in [6.07, 6.45) is 0. The van der Waals surface area contributed by atoms with Gasteiger partial charge in [0, 0.05) is 23.4 Å². The smallest absolute Gasteiger partial charge is 0.251 e. The number of thioether (sulfide) groups is 1. The van der Waals surface area contributed by atoms with E-state index in [1.165, 1.54) is 26.0 Å². The number of aromatic nitrogens is 3. The van der Waals surface area contributed by atoms with E-state index in [0.717, 1.165) is 5.56 Å². The van der Waals surface area contributed by atoms with E-state index in [0.29, 0.717) is 50.9 Å². The van der Waals surface area contributed by atoms with E-state index in [2.05, 4.69) is 20.8 Å². The molecule has 0 atom stereocenters. The van der Waals surface area contributed by atoms with Gasteiger partial charge in [-0.15, -0.1) is 10.2 Å². The van der Waals surface area contributed by atoms with E-state index in [4.69, 9.17) is 18.9 Å². The summed E-state index contributed by atoms with van der Waals surface area (Å²) in [6.45, 7) is 1.99. The van der Waals surface area contributed by atoms with Crippen molar-refractivity contribution in [1.82, 2.24) is 20.1 Å². The van der Waals surface area contributed by atoms with Gasteiger partial charge in [0.05, 0.1) is 46.4 Å². The summed E-state index contributed by atoms with van der Waals surface area (Å²) in [6, 6.07) is 17.8. The number of methoxy groups -OCH3 is 4. The van der Waals surface area contributed by atoms with Gasteiger partial charge >= 0.3 is 0 Å². The third-order valence-corrected chi connectivity index (χ3v) is 6.91. The number of anilines is 1. The quantitative estimate of drug-likeness (QED) is 0.237. The zero-order chi connectivity index (χ0) is 29.4. The zero-order valence-corrected chi connectivity index (χ0v) is 24.2. The highest BCUT2D eigenvalue weighted by atomic mass is 32.2. The van der Waals surface area contributed by atoms with Gasteiger partial charge in [-0.05, 0) is 48.9 Å². The largest absolute Gasteiger partial charge is 0.497 e. The van der Waals surface area contributed by atoms with Crippen molar-refractivity contribution < 1.29 is 28.5 Å². The number of carbonyl (C=O) groups excluding carboxylic acids is 2. The zero-order valence-electron chi connectivity index (χ0n) is 23.4. The molecule has 0 fully saturated rings. The van der Waals surface area contributed by atoms with Gasteiger partial charge in [0.2, 0.25) is 5.91 Å². The Balaban J connectivity index is 1.60. The number of aryl methyl sites for hydroxylation is 1. The fraction of sp³-hybridized carbons (Fsp3) is 0.241. The Morgan fingerprint density at radius 1 is 0.854 bits per heavy atom. The van der Waals surface area contributed by atoms with Crippen molar-refractivity contribution in [2.45, 2.75) is 18.6 Å². The average Bonchev–Trinajstić information content (AvgIpc) is 3.40. The van der Waals surface area contributed by atoms with Crippen LogP contribution in [0.3, 0.4) is 0 Å². The lowest BCUT2D eigenvalue weighted by Crippen LogP contribution is -2.25. The minimum absolute atomic E-state index is 0.0295. The first-order chi connectivity index (χ1) is 19.8. The van der Waals surface area contributed by atoms with Gasteiger partial charge in [-0.2, -0.15) is 0 Å². The van der Waals surface area contributed by atoms with E-state index >= 15 is 0 Å². The first-order valence-corrected chi connectivity index (χ1v) is 13.5. The SMILES string of the molecule is COc1cc(OC)cc(C(=O)NCc2nnc(SCC(=O)Nc3cccc(C)c3)n2-c2cc(OC)ccc2OC)c1. The molecule has 214 valence electrons. The summed E-state index contributed by atoms with van der Waals surface area (Å²) in [5.41, 5.74) is 2.70. The Morgan fingerprint density at radius 2 is 1.59 bits per heavy atom. The molecule has 0 radical (unpaired) electrons. The van der Waals surface area contributed by atoms with Crippen molar-refractivity contribution in [3.63, 3.8) is 0 Å². The Bertz CT molecular complexity index is 1520. The highest BCUT2D eigenvalue weighted by molar-refractivity contribution is 7.99. The first kappa shape index (κ1) is 29.3. The summed E-state index contributed by atoms with van der Waals surface area (Å²) in [5.74, 6) is 2.02. The summed E-state index contributed by atoms with van der Waals surface area (Å²) in [7, 11) is 6.14. The number of amides is 2. The highest BCUT2D eigenvalue weighted by Crippen LogP contribution is 2.32. The van der Waals surface area contributed by atoms with Crippen LogP contribution in [0.15, 0.2) is 65.8 Å². The molecule has 0 unspecified atom stereocenters. The minimum atomic E-state index is -0.360. The molecule has 0 aliphatic heterocycles. The minimum Gasteiger partial charge on any atom is -0.497 e. The fourth-order valence-corrected chi connectivity index (χ4v) is 4.74. The van der Waals surface area contributed by atoms with Crippen LogP contribution in [0.25, 0.3) is 5.69 Å². The van der Waals surface area contributed by atoms with E-state index in [1.807, 2.05) is 31.2 Å². The summed E-state index contributed by atoms with van der Waals surface area (Å²) >= 11 is 1.20. The Morgan fingerprint density at radius 3 is 2.24 bits per heavy atom. The van der Waals surface area contributed by atoms with E-state index < -0.39 is 0 Å². The Hall–Kier alpha value is -4.71. The third-order valence-electron chi connectivity index (χ3n) is 5.98. The van der Waals surface area contributed by atoms with Gasteiger partial charge in [-0.3, -0.25) is 14.2 Å². The molecule has 4 aromatic rings. The predicted octanol–water partition coefficient (Wildman–Crippen LogP) is 4.27. The van der Waals surface area contributed by atoms with Crippen LogP contribution in [-0.4, -0.2) is 60.8 Å². The molecule has 0 saturated carbocycles. The lowest BCUT2D eigenvalue weighted by molar-refractivity contribution is -0.113. The van der Waals surface area contributed by atoms with E-state index in [1.54, 1.807) is 55.2 Å². The van der Waals surface area contributed by atoms with Gasteiger partial charge in [-0.1, -0.05) is 23.9 Å². The molecule has 0 spiro atoms.